The first kappa shape index (κ1) is 20.1. The highest BCUT2D eigenvalue weighted by molar-refractivity contribution is 5.94. The molecule has 0 fully saturated rings. The molecule has 0 radical (unpaired) electrons. The first-order chi connectivity index (χ1) is 14.0. The summed E-state index contributed by atoms with van der Waals surface area (Å²) in [7, 11) is 6.72. The van der Waals surface area contributed by atoms with Crippen molar-refractivity contribution in [3.8, 4) is 22.6 Å². The zero-order chi connectivity index (χ0) is 20.8. The Morgan fingerprint density at radius 1 is 1.07 bits per heavy atom. The van der Waals surface area contributed by atoms with Crippen LogP contribution >= 0.6 is 0 Å². The molecule has 1 heterocycles. The number of carbonyl (C=O) groups excluding carboxylic acids is 1. The lowest BCUT2D eigenvalue weighted by Gasteiger charge is -2.14. The fourth-order valence-electron chi connectivity index (χ4n) is 2.91. The summed E-state index contributed by atoms with van der Waals surface area (Å²) < 4.78 is 10.7. The molecule has 3 aromatic rings. The highest BCUT2D eigenvalue weighted by Crippen LogP contribution is 2.28. The van der Waals surface area contributed by atoms with Gasteiger partial charge >= 0.3 is 0 Å². The van der Waals surface area contributed by atoms with E-state index in [1.807, 2.05) is 30.3 Å². The van der Waals surface area contributed by atoms with Crippen molar-refractivity contribution in [3.63, 3.8) is 0 Å². The van der Waals surface area contributed by atoms with Crippen LogP contribution in [0.2, 0.25) is 0 Å². The van der Waals surface area contributed by atoms with Crippen LogP contribution in [0.15, 0.2) is 55.0 Å². The van der Waals surface area contributed by atoms with Gasteiger partial charge in [-0.2, -0.15) is 0 Å². The second-order valence-electron chi connectivity index (χ2n) is 6.59. The highest BCUT2D eigenvalue weighted by Gasteiger charge is 2.12. The van der Waals surface area contributed by atoms with Crippen LogP contribution < -0.4 is 14.8 Å². The minimum absolute atomic E-state index is 0.0363. The summed E-state index contributed by atoms with van der Waals surface area (Å²) in [5.41, 5.74) is 3.38. The maximum atomic E-state index is 12.1. The summed E-state index contributed by atoms with van der Waals surface area (Å²) >= 11 is 0. The van der Waals surface area contributed by atoms with Gasteiger partial charge < -0.3 is 19.7 Å². The molecular formula is C22H24N4O3. The number of ether oxygens (including phenoxy) is 2. The van der Waals surface area contributed by atoms with E-state index in [0.29, 0.717) is 17.9 Å². The highest BCUT2D eigenvalue weighted by atomic mass is 16.5. The smallest absolute Gasteiger partial charge is 0.253 e. The van der Waals surface area contributed by atoms with E-state index in [1.165, 1.54) is 6.33 Å². The van der Waals surface area contributed by atoms with Crippen molar-refractivity contribution in [2.45, 2.75) is 6.54 Å². The number of hydrogen-bond acceptors (Lipinski definition) is 6. The summed E-state index contributed by atoms with van der Waals surface area (Å²) in [5.74, 6) is 2.13. The van der Waals surface area contributed by atoms with Gasteiger partial charge in [0.2, 0.25) is 0 Å². The van der Waals surface area contributed by atoms with Crippen molar-refractivity contribution in [1.29, 1.82) is 0 Å². The summed E-state index contributed by atoms with van der Waals surface area (Å²) in [4.78, 5) is 22.2. The second kappa shape index (κ2) is 9.05. The lowest BCUT2D eigenvalue weighted by atomic mass is 10.1. The number of hydrogen-bond donors (Lipinski definition) is 1. The van der Waals surface area contributed by atoms with Gasteiger partial charge in [0, 0.05) is 49.6 Å². The molecule has 2 aromatic carbocycles. The van der Waals surface area contributed by atoms with E-state index in [9.17, 15) is 4.79 Å². The predicted octanol–water partition coefficient (Wildman–Crippen LogP) is 3.47. The van der Waals surface area contributed by atoms with Gasteiger partial charge in [0.1, 0.15) is 23.6 Å². The number of rotatable bonds is 7. The average Bonchev–Trinajstić information content (AvgIpc) is 2.77. The van der Waals surface area contributed by atoms with E-state index in [1.54, 1.807) is 51.5 Å². The maximum absolute atomic E-state index is 12.1. The Labute approximate surface area is 170 Å². The molecule has 0 unspecified atom stereocenters. The third kappa shape index (κ3) is 4.63. The summed E-state index contributed by atoms with van der Waals surface area (Å²) in [6.07, 6.45) is 3.25. The van der Waals surface area contributed by atoms with E-state index in [0.717, 1.165) is 28.2 Å². The Morgan fingerprint density at radius 3 is 2.48 bits per heavy atom. The largest absolute Gasteiger partial charge is 0.497 e. The van der Waals surface area contributed by atoms with Crippen LogP contribution in [-0.2, 0) is 6.54 Å². The van der Waals surface area contributed by atoms with Gasteiger partial charge in [-0.1, -0.05) is 12.1 Å². The molecule has 7 heteroatoms. The van der Waals surface area contributed by atoms with Crippen LogP contribution in [0.4, 0.5) is 5.82 Å². The number of methoxy groups -OCH3 is 2. The molecule has 1 aromatic heterocycles. The Balaban J connectivity index is 1.82. The minimum Gasteiger partial charge on any atom is -0.497 e. The van der Waals surface area contributed by atoms with Crippen molar-refractivity contribution in [3.05, 3.63) is 66.1 Å². The number of amides is 1. The Morgan fingerprint density at radius 2 is 1.83 bits per heavy atom. The Kier molecular flexibility index (Phi) is 6.29. The normalized spacial score (nSPS) is 10.3. The molecule has 0 bridgehead atoms. The molecule has 150 valence electrons. The molecule has 29 heavy (non-hydrogen) atoms. The van der Waals surface area contributed by atoms with Crippen molar-refractivity contribution < 1.29 is 14.3 Å². The number of carbonyl (C=O) groups is 1. The fourth-order valence-corrected chi connectivity index (χ4v) is 2.91. The van der Waals surface area contributed by atoms with Crippen LogP contribution in [0.1, 0.15) is 15.9 Å². The lowest BCUT2D eigenvalue weighted by Crippen LogP contribution is -2.21. The first-order valence-electron chi connectivity index (χ1n) is 9.10. The number of nitrogens with zero attached hydrogens (tertiary/aromatic N) is 3. The van der Waals surface area contributed by atoms with E-state index in [2.05, 4.69) is 15.3 Å². The average molecular weight is 392 g/mol. The fraction of sp³-hybridized carbons (Fsp3) is 0.227. The molecule has 1 N–H and O–H groups in total. The Hall–Kier alpha value is -3.61. The van der Waals surface area contributed by atoms with Gasteiger partial charge in [-0.3, -0.25) is 4.79 Å². The van der Waals surface area contributed by atoms with Crippen molar-refractivity contribution in [1.82, 2.24) is 14.9 Å². The Bertz CT molecular complexity index is 988. The van der Waals surface area contributed by atoms with E-state index < -0.39 is 0 Å². The maximum Gasteiger partial charge on any atom is 0.253 e. The minimum atomic E-state index is -0.0363. The van der Waals surface area contributed by atoms with Gasteiger partial charge in [-0.05, 0) is 29.8 Å². The number of anilines is 1. The molecule has 0 saturated heterocycles. The summed E-state index contributed by atoms with van der Waals surface area (Å²) in [5, 5.41) is 3.35. The lowest BCUT2D eigenvalue weighted by molar-refractivity contribution is 0.0827. The van der Waals surface area contributed by atoms with Crippen LogP contribution in [0, 0.1) is 0 Å². The van der Waals surface area contributed by atoms with Gasteiger partial charge in [0.15, 0.2) is 0 Å². The number of nitrogens with one attached hydrogen (secondary N) is 1. The summed E-state index contributed by atoms with van der Waals surface area (Å²) in [6.45, 7) is 0.522. The van der Waals surface area contributed by atoms with Crippen molar-refractivity contribution in [2.75, 3.05) is 33.6 Å². The molecule has 0 spiro atoms. The standard InChI is InChI=1S/C22H24N4O3/c1-26(2)22(27)16-7-5-15(6-8-16)19-13-23-14-25-21(19)24-12-17-9-10-18(28-3)11-20(17)29-4/h5-11,13-14H,12H2,1-4H3,(H,23,24,25). The van der Waals surface area contributed by atoms with Crippen LogP contribution in [0.25, 0.3) is 11.1 Å². The molecule has 1 amide bonds. The topological polar surface area (TPSA) is 76.6 Å². The molecule has 0 aliphatic carbocycles. The molecule has 0 saturated carbocycles. The third-order valence-corrected chi connectivity index (χ3v) is 4.50. The van der Waals surface area contributed by atoms with Gasteiger partial charge in [0.05, 0.1) is 14.2 Å². The molecule has 0 aliphatic heterocycles. The zero-order valence-electron chi connectivity index (χ0n) is 17.0. The predicted molar refractivity (Wildman–Crippen MR) is 112 cm³/mol. The second-order valence-corrected chi connectivity index (χ2v) is 6.59. The monoisotopic (exact) mass is 392 g/mol. The molecular weight excluding hydrogens is 368 g/mol. The number of aromatic nitrogens is 2. The van der Waals surface area contributed by atoms with E-state index in [4.69, 9.17) is 9.47 Å². The molecule has 3 rings (SSSR count). The van der Waals surface area contributed by atoms with Crippen LogP contribution in [-0.4, -0.2) is 49.1 Å². The molecule has 0 atom stereocenters. The van der Waals surface area contributed by atoms with Crippen molar-refractivity contribution in [2.24, 2.45) is 0 Å². The van der Waals surface area contributed by atoms with Gasteiger partial charge in [-0.15, -0.1) is 0 Å². The number of benzene rings is 2. The van der Waals surface area contributed by atoms with Crippen LogP contribution in [0.3, 0.4) is 0 Å². The van der Waals surface area contributed by atoms with Crippen LogP contribution in [0.5, 0.6) is 11.5 Å². The molecule has 0 aliphatic rings. The third-order valence-electron chi connectivity index (χ3n) is 4.50. The zero-order valence-corrected chi connectivity index (χ0v) is 17.0. The van der Waals surface area contributed by atoms with E-state index in [-0.39, 0.29) is 5.91 Å². The van der Waals surface area contributed by atoms with Gasteiger partial charge in [-0.25, -0.2) is 9.97 Å². The first-order valence-corrected chi connectivity index (χ1v) is 9.10. The van der Waals surface area contributed by atoms with E-state index >= 15 is 0 Å². The SMILES string of the molecule is COc1ccc(CNc2ncncc2-c2ccc(C(=O)N(C)C)cc2)c(OC)c1. The molecule has 7 nitrogen and oxygen atoms in total. The van der Waals surface area contributed by atoms with Gasteiger partial charge in [0.25, 0.3) is 5.91 Å². The summed E-state index contributed by atoms with van der Waals surface area (Å²) in [6, 6.07) is 13.1. The van der Waals surface area contributed by atoms with Crippen molar-refractivity contribution >= 4 is 11.7 Å². The quantitative estimate of drug-likeness (QED) is 0.663.